The highest BCUT2D eigenvalue weighted by molar-refractivity contribution is 6.02. The van der Waals surface area contributed by atoms with Crippen LogP contribution >= 0.6 is 0 Å². The molecule has 5 fully saturated rings. The summed E-state index contributed by atoms with van der Waals surface area (Å²) >= 11 is 0. The summed E-state index contributed by atoms with van der Waals surface area (Å²) in [5.74, 6) is 1.24. The van der Waals surface area contributed by atoms with Crippen molar-refractivity contribution < 1.29 is 14.4 Å². The molecular weight excluding hydrogens is 564 g/mol. The normalized spacial score (nSPS) is 28.7. The molecular formula is C36H48N6O3. The van der Waals surface area contributed by atoms with Gasteiger partial charge in [0.25, 0.3) is 11.8 Å². The number of anilines is 2. The molecule has 0 radical (unpaired) electrons. The summed E-state index contributed by atoms with van der Waals surface area (Å²) in [7, 11) is 0. The van der Waals surface area contributed by atoms with Gasteiger partial charge in [-0.2, -0.15) is 0 Å². The lowest BCUT2D eigenvalue weighted by molar-refractivity contribution is 0.0933. The monoisotopic (exact) mass is 612 g/mol. The van der Waals surface area contributed by atoms with Crippen molar-refractivity contribution in [3.05, 3.63) is 53.2 Å². The van der Waals surface area contributed by atoms with Crippen LogP contribution in [0.25, 0.3) is 0 Å². The number of ketones is 1. The highest BCUT2D eigenvalue weighted by atomic mass is 16.2. The summed E-state index contributed by atoms with van der Waals surface area (Å²) in [5.41, 5.74) is 8.12. The van der Waals surface area contributed by atoms with Gasteiger partial charge in [-0.3, -0.25) is 14.4 Å². The molecule has 1 aromatic heterocycles. The Bertz CT molecular complexity index is 1390. The molecule has 0 bridgehead atoms. The molecule has 2 aromatic rings. The minimum Gasteiger partial charge on any atom is -0.382 e. The molecule has 5 aliphatic rings. The van der Waals surface area contributed by atoms with E-state index in [0.29, 0.717) is 40.4 Å². The quantitative estimate of drug-likeness (QED) is 0.335. The molecule has 7 rings (SSSR count). The number of Topliss-reactive ketones (excluding diaryl/α,β-unsaturated/α-hetero) is 1. The molecule has 240 valence electrons. The number of carbonyl (C=O) groups is 3. The average molecular weight is 613 g/mol. The molecule has 2 saturated heterocycles. The van der Waals surface area contributed by atoms with Gasteiger partial charge in [0.05, 0.1) is 5.56 Å². The first kappa shape index (κ1) is 30.2. The Labute approximate surface area is 266 Å². The predicted octanol–water partition coefficient (Wildman–Crippen LogP) is 5.16. The van der Waals surface area contributed by atoms with Crippen molar-refractivity contribution in [2.45, 2.75) is 108 Å². The predicted molar refractivity (Wildman–Crippen MR) is 176 cm³/mol. The second-order valence-electron chi connectivity index (χ2n) is 14.2. The molecule has 3 aliphatic carbocycles. The number of piperidine rings is 2. The van der Waals surface area contributed by atoms with Crippen LogP contribution in [-0.4, -0.2) is 71.3 Å². The molecule has 3 unspecified atom stereocenters. The maximum atomic E-state index is 13.5. The number of primary amides is 1. The number of rotatable bonds is 9. The van der Waals surface area contributed by atoms with E-state index < -0.39 is 5.91 Å². The highest BCUT2D eigenvalue weighted by Gasteiger charge is 2.41. The van der Waals surface area contributed by atoms with Crippen LogP contribution in [-0.2, 0) is 0 Å². The summed E-state index contributed by atoms with van der Waals surface area (Å²) in [6.45, 7) is 3.38. The first-order valence-corrected chi connectivity index (χ1v) is 17.4. The number of nitrogens with one attached hydrogen (secondary N) is 2. The first-order chi connectivity index (χ1) is 21.9. The van der Waals surface area contributed by atoms with E-state index in [1.165, 1.54) is 32.4 Å². The van der Waals surface area contributed by atoms with Crippen LogP contribution in [0, 0.1) is 11.8 Å². The van der Waals surface area contributed by atoms with E-state index in [0.717, 1.165) is 76.6 Å². The molecule has 9 nitrogen and oxygen atoms in total. The van der Waals surface area contributed by atoms with Gasteiger partial charge in [0.1, 0.15) is 5.82 Å². The molecule has 2 amide bonds. The molecule has 4 N–H and O–H groups in total. The van der Waals surface area contributed by atoms with E-state index in [2.05, 4.69) is 20.4 Å². The van der Waals surface area contributed by atoms with Crippen LogP contribution in [0.15, 0.2) is 36.5 Å². The molecule has 45 heavy (non-hydrogen) atoms. The van der Waals surface area contributed by atoms with Gasteiger partial charge in [-0.05, 0) is 126 Å². The van der Waals surface area contributed by atoms with Crippen molar-refractivity contribution in [1.82, 2.24) is 15.2 Å². The standard InChI is InChI=1S/C36H48N6O3/c37-35(44)30-14-8-25(20-31(30)39-27-10-12-29(13-11-27)41-16-2-1-3-17-41)36(45)40-28-19-24-5-4-18-42(32(24)21-28)33-15-9-26(22-38-33)34(43)23-6-7-23/h8-9,14-15,20,22-24,27-29,32,39H,1-7,10-13,16-19,21H2,(H2,37,44)(H,40,45). The van der Waals surface area contributed by atoms with Crippen molar-refractivity contribution >= 4 is 29.1 Å². The Kier molecular flexibility index (Phi) is 8.80. The van der Waals surface area contributed by atoms with Crippen molar-refractivity contribution in [2.75, 3.05) is 29.9 Å². The highest BCUT2D eigenvalue weighted by Crippen LogP contribution is 2.39. The van der Waals surface area contributed by atoms with E-state index >= 15 is 0 Å². The van der Waals surface area contributed by atoms with Crippen molar-refractivity contribution in [3.8, 4) is 0 Å². The maximum Gasteiger partial charge on any atom is 0.251 e. The lowest BCUT2D eigenvalue weighted by Crippen LogP contribution is -2.43. The molecule has 9 heteroatoms. The topological polar surface area (TPSA) is 121 Å². The fraction of sp³-hybridized carbons (Fsp3) is 0.611. The lowest BCUT2D eigenvalue weighted by atomic mass is 9.88. The van der Waals surface area contributed by atoms with Gasteiger partial charge >= 0.3 is 0 Å². The Morgan fingerprint density at radius 3 is 2.29 bits per heavy atom. The lowest BCUT2D eigenvalue weighted by Gasteiger charge is -2.39. The molecule has 1 aromatic carbocycles. The summed E-state index contributed by atoms with van der Waals surface area (Å²) in [4.78, 5) is 48.1. The molecule has 0 spiro atoms. The van der Waals surface area contributed by atoms with E-state index in [4.69, 9.17) is 10.7 Å². The Morgan fingerprint density at radius 2 is 1.58 bits per heavy atom. The zero-order valence-electron chi connectivity index (χ0n) is 26.4. The summed E-state index contributed by atoms with van der Waals surface area (Å²) < 4.78 is 0. The van der Waals surface area contributed by atoms with Crippen LogP contribution < -0.4 is 21.3 Å². The van der Waals surface area contributed by atoms with Gasteiger partial charge in [0.2, 0.25) is 0 Å². The van der Waals surface area contributed by atoms with E-state index in [1.54, 1.807) is 18.3 Å². The number of pyridine rings is 1. The number of likely N-dealkylation sites (tertiary alicyclic amines) is 1. The summed E-state index contributed by atoms with van der Waals surface area (Å²) in [5, 5.41) is 6.90. The number of fused-ring (bicyclic) bond motifs is 1. The average Bonchev–Trinajstić information content (AvgIpc) is 3.84. The van der Waals surface area contributed by atoms with Gasteiger partial charge < -0.3 is 26.2 Å². The van der Waals surface area contributed by atoms with Gasteiger partial charge in [-0.15, -0.1) is 0 Å². The van der Waals surface area contributed by atoms with Crippen LogP contribution in [0.1, 0.15) is 115 Å². The third-order valence-corrected chi connectivity index (χ3v) is 11.2. The maximum absolute atomic E-state index is 13.5. The van der Waals surface area contributed by atoms with Gasteiger partial charge in [0.15, 0.2) is 5.78 Å². The van der Waals surface area contributed by atoms with E-state index in [1.807, 2.05) is 18.2 Å². The fourth-order valence-electron chi connectivity index (χ4n) is 8.55. The zero-order valence-corrected chi connectivity index (χ0v) is 26.4. The number of nitrogens with zero attached hydrogens (tertiary/aromatic N) is 3. The number of aromatic nitrogens is 1. The second kappa shape index (κ2) is 13.1. The third kappa shape index (κ3) is 6.74. The zero-order chi connectivity index (χ0) is 30.9. The SMILES string of the molecule is NC(=O)c1ccc(C(=O)NC2CC3CCCN(c4ccc(C(=O)C5CC5)cn4)C3C2)cc1NC1CCC(N2CCCCC2)CC1. The van der Waals surface area contributed by atoms with Crippen LogP contribution in [0.3, 0.4) is 0 Å². The summed E-state index contributed by atoms with van der Waals surface area (Å²) in [6, 6.07) is 10.5. The van der Waals surface area contributed by atoms with Crippen LogP contribution in [0.4, 0.5) is 11.5 Å². The number of benzene rings is 1. The Morgan fingerprint density at radius 1 is 0.800 bits per heavy atom. The van der Waals surface area contributed by atoms with Gasteiger partial charge in [-0.25, -0.2) is 4.98 Å². The molecule has 3 heterocycles. The van der Waals surface area contributed by atoms with Crippen molar-refractivity contribution in [1.29, 1.82) is 0 Å². The van der Waals surface area contributed by atoms with Crippen molar-refractivity contribution in [2.24, 2.45) is 17.6 Å². The molecule has 3 atom stereocenters. The van der Waals surface area contributed by atoms with Crippen LogP contribution in [0.5, 0.6) is 0 Å². The fourth-order valence-corrected chi connectivity index (χ4v) is 8.55. The number of amides is 2. The smallest absolute Gasteiger partial charge is 0.251 e. The number of hydrogen-bond donors (Lipinski definition) is 3. The molecule has 3 saturated carbocycles. The largest absolute Gasteiger partial charge is 0.382 e. The number of nitrogens with two attached hydrogens (primary N) is 1. The van der Waals surface area contributed by atoms with Gasteiger partial charge in [0, 0.05) is 59.6 Å². The Balaban J connectivity index is 0.976. The Hall–Kier alpha value is -3.46. The van der Waals surface area contributed by atoms with E-state index in [9.17, 15) is 14.4 Å². The van der Waals surface area contributed by atoms with Crippen molar-refractivity contribution in [3.63, 3.8) is 0 Å². The minimum atomic E-state index is -0.482. The second-order valence-corrected chi connectivity index (χ2v) is 14.2. The van der Waals surface area contributed by atoms with E-state index in [-0.39, 0.29) is 29.7 Å². The van der Waals surface area contributed by atoms with Gasteiger partial charge in [-0.1, -0.05) is 6.42 Å². The summed E-state index contributed by atoms with van der Waals surface area (Å²) in [6.07, 6.45) is 16.2. The molecule has 2 aliphatic heterocycles. The number of carbonyl (C=O) groups excluding carboxylic acids is 3. The minimum absolute atomic E-state index is 0.0705. The number of hydrogen-bond acceptors (Lipinski definition) is 7. The third-order valence-electron chi connectivity index (χ3n) is 11.2. The van der Waals surface area contributed by atoms with Crippen LogP contribution in [0.2, 0.25) is 0 Å². The first-order valence-electron chi connectivity index (χ1n) is 17.4.